The molecule has 164 valence electrons. The Morgan fingerprint density at radius 1 is 1.09 bits per heavy atom. The second-order valence-electron chi connectivity index (χ2n) is 8.03. The minimum Gasteiger partial charge on any atom is -0.478 e. The van der Waals surface area contributed by atoms with Crippen molar-refractivity contribution in [2.24, 2.45) is 0 Å². The van der Waals surface area contributed by atoms with Gasteiger partial charge in [0.2, 0.25) is 0 Å². The topological polar surface area (TPSA) is 103 Å². The van der Waals surface area contributed by atoms with E-state index in [1.54, 1.807) is 19.1 Å². The summed E-state index contributed by atoms with van der Waals surface area (Å²) in [6.07, 6.45) is 0. The van der Waals surface area contributed by atoms with E-state index >= 15 is 0 Å². The van der Waals surface area contributed by atoms with Crippen LogP contribution < -0.4 is 10.7 Å². The Hall–Kier alpha value is -4.37. The Bertz CT molecular complexity index is 1480. The lowest BCUT2D eigenvalue weighted by molar-refractivity contribution is 0.0698. The highest BCUT2D eigenvalue weighted by Gasteiger charge is 2.20. The van der Waals surface area contributed by atoms with E-state index in [1.807, 2.05) is 62.4 Å². The second-order valence-corrected chi connectivity index (χ2v) is 8.03. The van der Waals surface area contributed by atoms with Gasteiger partial charge >= 0.3 is 5.97 Å². The van der Waals surface area contributed by atoms with Gasteiger partial charge in [0.1, 0.15) is 11.3 Å². The fourth-order valence-electron chi connectivity index (χ4n) is 3.98. The maximum absolute atomic E-state index is 13.2. The third-order valence-corrected chi connectivity index (χ3v) is 5.65. The van der Waals surface area contributed by atoms with Gasteiger partial charge in [0.05, 0.1) is 28.6 Å². The summed E-state index contributed by atoms with van der Waals surface area (Å²) in [6.45, 7) is 5.53. The number of hydrogen-bond donors (Lipinski definition) is 2. The maximum atomic E-state index is 13.2. The van der Waals surface area contributed by atoms with Gasteiger partial charge in [-0.05, 0) is 50.6 Å². The minimum atomic E-state index is -1.13. The molecule has 0 aliphatic carbocycles. The Balaban J connectivity index is 1.88. The summed E-state index contributed by atoms with van der Waals surface area (Å²) in [4.78, 5) is 25.0. The van der Waals surface area contributed by atoms with Gasteiger partial charge in [-0.3, -0.25) is 4.79 Å². The number of fused-ring (bicyclic) bond motifs is 1. The molecule has 1 aromatic heterocycles. The molecule has 0 amide bonds. The van der Waals surface area contributed by atoms with Crippen LogP contribution >= 0.6 is 0 Å². The summed E-state index contributed by atoms with van der Waals surface area (Å²) in [5.41, 5.74) is 3.97. The number of aromatic carboxylic acids is 1. The third-order valence-electron chi connectivity index (χ3n) is 5.65. The number of anilines is 1. The molecule has 1 atom stereocenters. The molecule has 3 aromatic carbocycles. The van der Waals surface area contributed by atoms with E-state index in [-0.39, 0.29) is 22.6 Å². The Morgan fingerprint density at radius 3 is 2.48 bits per heavy atom. The molecule has 0 spiro atoms. The molecule has 6 nitrogen and oxygen atoms in total. The van der Waals surface area contributed by atoms with E-state index in [9.17, 15) is 14.7 Å². The summed E-state index contributed by atoms with van der Waals surface area (Å²) in [6, 6.07) is 19.2. The van der Waals surface area contributed by atoms with Crippen molar-refractivity contribution >= 4 is 22.6 Å². The Morgan fingerprint density at radius 2 is 1.82 bits per heavy atom. The van der Waals surface area contributed by atoms with Gasteiger partial charge < -0.3 is 14.8 Å². The first-order valence-corrected chi connectivity index (χ1v) is 10.5. The van der Waals surface area contributed by atoms with Gasteiger partial charge in [-0.25, -0.2) is 4.79 Å². The van der Waals surface area contributed by atoms with Gasteiger partial charge in [0.25, 0.3) is 0 Å². The van der Waals surface area contributed by atoms with Crippen LogP contribution in [0.4, 0.5) is 5.69 Å². The lowest BCUT2D eigenvalue weighted by Crippen LogP contribution is -2.14. The highest BCUT2D eigenvalue weighted by Crippen LogP contribution is 2.32. The van der Waals surface area contributed by atoms with E-state index in [0.717, 1.165) is 16.7 Å². The number of carbonyl (C=O) groups is 1. The van der Waals surface area contributed by atoms with Crippen molar-refractivity contribution in [3.8, 4) is 17.4 Å². The zero-order valence-corrected chi connectivity index (χ0v) is 18.5. The molecule has 0 saturated carbocycles. The molecule has 6 heteroatoms. The van der Waals surface area contributed by atoms with Crippen molar-refractivity contribution in [2.75, 3.05) is 5.32 Å². The molecule has 1 unspecified atom stereocenters. The molecule has 4 rings (SSSR count). The number of carboxylic acid groups (broad SMARTS) is 1. The molecule has 1 heterocycles. The van der Waals surface area contributed by atoms with Crippen molar-refractivity contribution in [1.82, 2.24) is 0 Å². The molecule has 0 saturated heterocycles. The molecule has 0 bridgehead atoms. The van der Waals surface area contributed by atoms with Crippen LogP contribution in [-0.2, 0) is 0 Å². The fourth-order valence-corrected chi connectivity index (χ4v) is 3.98. The lowest BCUT2D eigenvalue weighted by atomic mass is 9.98. The number of hydrogen-bond acceptors (Lipinski definition) is 5. The van der Waals surface area contributed by atoms with E-state index in [1.165, 1.54) is 6.07 Å². The van der Waals surface area contributed by atoms with E-state index < -0.39 is 5.97 Å². The number of carboxylic acids is 1. The monoisotopic (exact) mass is 438 g/mol. The minimum absolute atomic E-state index is 0.000121. The molecule has 0 radical (unpaired) electrons. The van der Waals surface area contributed by atoms with Gasteiger partial charge in [-0.15, -0.1) is 0 Å². The summed E-state index contributed by atoms with van der Waals surface area (Å²) < 4.78 is 6.32. The first kappa shape index (κ1) is 21.8. The number of rotatable bonds is 5. The molecule has 33 heavy (non-hydrogen) atoms. The number of aryl methyl sites for hydroxylation is 1. The highest BCUT2D eigenvalue weighted by molar-refractivity contribution is 5.95. The maximum Gasteiger partial charge on any atom is 0.337 e. The molecule has 0 aliphatic rings. The zero-order chi connectivity index (χ0) is 23.7. The highest BCUT2D eigenvalue weighted by atomic mass is 16.4. The smallest absolute Gasteiger partial charge is 0.337 e. The largest absolute Gasteiger partial charge is 0.478 e. The normalized spacial score (nSPS) is 11.7. The zero-order valence-electron chi connectivity index (χ0n) is 18.5. The van der Waals surface area contributed by atoms with Crippen LogP contribution in [0.5, 0.6) is 0 Å². The molecule has 0 aliphatic heterocycles. The van der Waals surface area contributed by atoms with Crippen LogP contribution in [0.1, 0.15) is 45.6 Å². The van der Waals surface area contributed by atoms with Gasteiger partial charge in [0, 0.05) is 22.4 Å². The van der Waals surface area contributed by atoms with Crippen LogP contribution in [0.2, 0.25) is 0 Å². The van der Waals surface area contributed by atoms with E-state index in [2.05, 4.69) is 5.32 Å². The van der Waals surface area contributed by atoms with Crippen molar-refractivity contribution in [1.29, 1.82) is 5.26 Å². The first-order valence-electron chi connectivity index (χ1n) is 10.5. The molecule has 0 fully saturated rings. The van der Waals surface area contributed by atoms with Crippen LogP contribution in [0.15, 0.2) is 69.9 Å². The van der Waals surface area contributed by atoms with Gasteiger partial charge in [-0.2, -0.15) is 5.26 Å². The van der Waals surface area contributed by atoms with Crippen LogP contribution in [0, 0.1) is 25.2 Å². The molecule has 4 aromatic rings. The third kappa shape index (κ3) is 4.09. The molecule has 2 N–H and O–H groups in total. The van der Waals surface area contributed by atoms with Crippen molar-refractivity contribution in [2.45, 2.75) is 26.8 Å². The quantitative estimate of drug-likeness (QED) is 0.407. The summed E-state index contributed by atoms with van der Waals surface area (Å²) in [5, 5.41) is 22.4. The second kappa shape index (κ2) is 8.64. The lowest BCUT2D eigenvalue weighted by Gasteiger charge is -2.20. The van der Waals surface area contributed by atoms with Crippen LogP contribution in [0.25, 0.3) is 22.3 Å². The van der Waals surface area contributed by atoms with Gasteiger partial charge in [0.15, 0.2) is 5.43 Å². The van der Waals surface area contributed by atoms with Crippen molar-refractivity contribution in [3.05, 3.63) is 98.7 Å². The fraction of sp³-hybridized carbons (Fsp3) is 0.148. The summed E-state index contributed by atoms with van der Waals surface area (Å²) >= 11 is 0. The standard InChI is InChI=1S/C27H22N2O4/c1-15-11-20(17(3)29-23-10-9-18(14-28)13-21(23)27(31)32)26-22(12-15)24(30)16(2)25(33-26)19-7-5-4-6-8-19/h4-13,17,29H,1-3H3,(H,31,32). The number of nitrogens with zero attached hydrogens (tertiary/aromatic N) is 1. The number of benzene rings is 3. The SMILES string of the molecule is Cc1cc(C(C)Nc2ccc(C#N)cc2C(=O)O)c2oc(-c3ccccc3)c(C)c(=O)c2c1. The van der Waals surface area contributed by atoms with E-state index in [4.69, 9.17) is 9.68 Å². The number of nitriles is 1. The summed E-state index contributed by atoms with van der Waals surface area (Å²) in [5.74, 6) is -0.626. The predicted octanol–water partition coefficient (Wildman–Crippen LogP) is 5.82. The van der Waals surface area contributed by atoms with Crippen molar-refractivity contribution < 1.29 is 14.3 Å². The van der Waals surface area contributed by atoms with E-state index in [0.29, 0.717) is 28.0 Å². The average Bonchev–Trinajstić information content (AvgIpc) is 2.81. The Kier molecular flexibility index (Phi) is 5.72. The van der Waals surface area contributed by atoms with Gasteiger partial charge in [-0.1, -0.05) is 36.4 Å². The average molecular weight is 438 g/mol. The number of nitrogens with one attached hydrogen (secondary N) is 1. The van der Waals surface area contributed by atoms with Crippen molar-refractivity contribution in [3.63, 3.8) is 0 Å². The molecular formula is C27H22N2O4. The summed E-state index contributed by atoms with van der Waals surface area (Å²) in [7, 11) is 0. The first-order chi connectivity index (χ1) is 15.8. The van der Waals surface area contributed by atoms with Crippen LogP contribution in [-0.4, -0.2) is 11.1 Å². The Labute approximate surface area is 190 Å². The molecular weight excluding hydrogens is 416 g/mol. The predicted molar refractivity (Wildman–Crippen MR) is 128 cm³/mol. The van der Waals surface area contributed by atoms with Crippen LogP contribution in [0.3, 0.4) is 0 Å².